The summed E-state index contributed by atoms with van der Waals surface area (Å²) in [6.45, 7) is 0. The molecule has 0 radical (unpaired) electrons. The van der Waals surface area contributed by atoms with E-state index in [0.717, 1.165) is 0 Å². The lowest BCUT2D eigenvalue weighted by Crippen LogP contribution is -2.13. The fourth-order valence-electron chi connectivity index (χ4n) is 1.04. The molecule has 0 fully saturated rings. The van der Waals surface area contributed by atoms with E-state index >= 15 is 0 Å². The Balaban J connectivity index is 2.15. The Kier molecular flexibility index (Phi) is 2.28. The van der Waals surface area contributed by atoms with Gasteiger partial charge in [0.25, 0.3) is 5.91 Å². The zero-order valence-electron chi connectivity index (χ0n) is 7.64. The van der Waals surface area contributed by atoms with Gasteiger partial charge in [-0.05, 0) is 0 Å². The van der Waals surface area contributed by atoms with Crippen molar-refractivity contribution in [3.63, 3.8) is 0 Å². The van der Waals surface area contributed by atoms with Crippen molar-refractivity contribution in [2.45, 2.75) is 0 Å². The number of aromatic nitrogens is 4. The van der Waals surface area contributed by atoms with Crippen LogP contribution in [0.3, 0.4) is 0 Å². The van der Waals surface area contributed by atoms with Gasteiger partial charge in [0.05, 0.1) is 24.3 Å². The van der Waals surface area contributed by atoms with Gasteiger partial charge in [-0.1, -0.05) is 0 Å². The Labute approximate surface area is 84.7 Å². The zero-order valence-corrected chi connectivity index (χ0v) is 7.64. The second kappa shape index (κ2) is 3.74. The van der Waals surface area contributed by atoms with Crippen LogP contribution in [-0.2, 0) is 0 Å². The predicted octanol–water partition coefficient (Wildman–Crippen LogP) is 0.0342. The first-order valence-corrected chi connectivity index (χ1v) is 4.12. The molecule has 2 rings (SSSR count). The molecule has 0 saturated carbocycles. The molecule has 0 atom stereocenters. The van der Waals surface area contributed by atoms with E-state index in [9.17, 15) is 4.79 Å². The number of hydrogen-bond acceptors (Lipinski definition) is 5. The molecule has 2 heterocycles. The van der Waals surface area contributed by atoms with Gasteiger partial charge in [-0.3, -0.25) is 9.89 Å². The number of anilines is 2. The topological polar surface area (TPSA) is 110 Å². The Bertz CT molecular complexity index is 465. The Hall–Kier alpha value is -2.44. The van der Waals surface area contributed by atoms with Crippen molar-refractivity contribution in [2.75, 3.05) is 11.1 Å². The van der Waals surface area contributed by atoms with Gasteiger partial charge in [-0.25, -0.2) is 9.97 Å². The van der Waals surface area contributed by atoms with Crippen LogP contribution < -0.4 is 11.1 Å². The average Bonchev–Trinajstić information content (AvgIpc) is 2.66. The maximum Gasteiger partial charge on any atom is 0.261 e. The molecule has 76 valence electrons. The van der Waals surface area contributed by atoms with Crippen molar-refractivity contribution in [1.82, 2.24) is 20.2 Å². The normalized spacial score (nSPS) is 9.87. The second-order valence-electron chi connectivity index (χ2n) is 2.78. The van der Waals surface area contributed by atoms with Crippen molar-refractivity contribution in [1.29, 1.82) is 0 Å². The van der Waals surface area contributed by atoms with E-state index in [-0.39, 0.29) is 11.7 Å². The van der Waals surface area contributed by atoms with Crippen LogP contribution in [0.4, 0.5) is 11.5 Å². The summed E-state index contributed by atoms with van der Waals surface area (Å²) < 4.78 is 0. The first kappa shape index (κ1) is 9.13. The van der Waals surface area contributed by atoms with Crippen LogP contribution in [0.15, 0.2) is 24.9 Å². The predicted molar refractivity (Wildman–Crippen MR) is 53.0 cm³/mol. The number of carbonyl (C=O) groups is 1. The van der Waals surface area contributed by atoms with Crippen LogP contribution in [0.5, 0.6) is 0 Å². The van der Waals surface area contributed by atoms with E-state index in [1.54, 1.807) is 0 Å². The van der Waals surface area contributed by atoms with Crippen molar-refractivity contribution < 1.29 is 4.79 Å². The third kappa shape index (κ3) is 1.90. The Morgan fingerprint density at radius 1 is 1.33 bits per heavy atom. The van der Waals surface area contributed by atoms with Gasteiger partial charge >= 0.3 is 0 Å². The van der Waals surface area contributed by atoms with E-state index < -0.39 is 0 Å². The van der Waals surface area contributed by atoms with E-state index in [2.05, 4.69) is 25.5 Å². The maximum absolute atomic E-state index is 11.6. The summed E-state index contributed by atoms with van der Waals surface area (Å²) in [6, 6.07) is 0. The van der Waals surface area contributed by atoms with Crippen molar-refractivity contribution >= 4 is 17.4 Å². The average molecular weight is 204 g/mol. The highest BCUT2D eigenvalue weighted by Gasteiger charge is 2.11. The molecule has 15 heavy (non-hydrogen) atoms. The molecule has 1 amide bonds. The lowest BCUT2D eigenvalue weighted by Gasteiger charge is -2.01. The Morgan fingerprint density at radius 2 is 2.07 bits per heavy atom. The van der Waals surface area contributed by atoms with Crippen molar-refractivity contribution in [3.05, 3.63) is 30.5 Å². The molecular weight excluding hydrogens is 196 g/mol. The third-order valence-corrected chi connectivity index (χ3v) is 1.73. The molecule has 0 aromatic carbocycles. The number of nitrogens with two attached hydrogens (primary N) is 1. The van der Waals surface area contributed by atoms with Gasteiger partial charge in [0, 0.05) is 0 Å². The van der Waals surface area contributed by atoms with Crippen molar-refractivity contribution in [2.24, 2.45) is 0 Å². The molecule has 4 N–H and O–H groups in total. The lowest BCUT2D eigenvalue weighted by atomic mass is 10.3. The van der Waals surface area contributed by atoms with Crippen LogP contribution in [0.25, 0.3) is 0 Å². The largest absolute Gasteiger partial charge is 0.383 e. The van der Waals surface area contributed by atoms with E-state index in [1.165, 1.54) is 24.9 Å². The molecule has 0 spiro atoms. The summed E-state index contributed by atoms with van der Waals surface area (Å²) in [5, 5.41) is 8.69. The van der Waals surface area contributed by atoms with Gasteiger partial charge in [0.15, 0.2) is 0 Å². The summed E-state index contributed by atoms with van der Waals surface area (Å²) in [6.07, 6.45) is 5.71. The Morgan fingerprint density at radius 3 is 2.67 bits per heavy atom. The van der Waals surface area contributed by atoms with Crippen LogP contribution in [-0.4, -0.2) is 26.1 Å². The van der Waals surface area contributed by atoms with Gasteiger partial charge in [-0.15, -0.1) is 0 Å². The summed E-state index contributed by atoms with van der Waals surface area (Å²) in [5.74, 6) is -0.125. The molecule has 0 bridgehead atoms. The molecule has 0 aliphatic rings. The van der Waals surface area contributed by atoms with E-state index in [4.69, 9.17) is 5.73 Å². The summed E-state index contributed by atoms with van der Waals surface area (Å²) >= 11 is 0. The maximum atomic E-state index is 11.6. The van der Waals surface area contributed by atoms with Crippen molar-refractivity contribution in [3.8, 4) is 0 Å². The molecule has 0 saturated heterocycles. The number of aromatic amines is 1. The molecule has 7 heteroatoms. The monoisotopic (exact) mass is 204 g/mol. The quantitative estimate of drug-likeness (QED) is 0.639. The first-order valence-electron chi connectivity index (χ1n) is 4.12. The molecule has 0 unspecified atom stereocenters. The van der Waals surface area contributed by atoms with Crippen LogP contribution in [0, 0.1) is 0 Å². The standard InChI is InChI=1S/C8H8N6O/c9-7-6(3-12-14-7)8(15)13-5-1-10-4-11-2-5/h1-4H,(H,13,15)(H3,9,12,14). The van der Waals surface area contributed by atoms with Crippen LogP contribution in [0.2, 0.25) is 0 Å². The minimum atomic E-state index is -0.351. The number of nitrogens with one attached hydrogen (secondary N) is 2. The highest BCUT2D eigenvalue weighted by molar-refractivity contribution is 6.06. The summed E-state index contributed by atoms with van der Waals surface area (Å²) in [5.41, 5.74) is 6.28. The first-order chi connectivity index (χ1) is 7.27. The van der Waals surface area contributed by atoms with Crippen LogP contribution >= 0.6 is 0 Å². The molecular formula is C8H8N6O. The molecule has 2 aromatic heterocycles. The van der Waals surface area contributed by atoms with E-state index in [1.807, 2.05) is 0 Å². The highest BCUT2D eigenvalue weighted by Crippen LogP contribution is 2.09. The number of hydrogen-bond donors (Lipinski definition) is 3. The third-order valence-electron chi connectivity index (χ3n) is 1.73. The zero-order chi connectivity index (χ0) is 10.7. The second-order valence-corrected chi connectivity index (χ2v) is 2.78. The summed E-state index contributed by atoms with van der Waals surface area (Å²) in [4.78, 5) is 19.1. The molecule has 0 aliphatic heterocycles. The molecule has 2 aromatic rings. The number of carbonyl (C=O) groups excluding carboxylic acids is 1. The van der Waals surface area contributed by atoms with E-state index in [0.29, 0.717) is 11.3 Å². The van der Waals surface area contributed by atoms with Crippen LogP contribution in [0.1, 0.15) is 10.4 Å². The minimum absolute atomic E-state index is 0.226. The summed E-state index contributed by atoms with van der Waals surface area (Å²) in [7, 11) is 0. The lowest BCUT2D eigenvalue weighted by molar-refractivity contribution is 0.102. The fourth-order valence-corrected chi connectivity index (χ4v) is 1.04. The van der Waals surface area contributed by atoms with Gasteiger partial charge < -0.3 is 11.1 Å². The van der Waals surface area contributed by atoms with Gasteiger partial charge in [0.2, 0.25) is 0 Å². The highest BCUT2D eigenvalue weighted by atomic mass is 16.1. The minimum Gasteiger partial charge on any atom is -0.383 e. The number of rotatable bonds is 2. The number of H-pyrrole nitrogens is 1. The molecule has 0 aliphatic carbocycles. The smallest absolute Gasteiger partial charge is 0.261 e. The number of nitrogen functional groups attached to an aromatic ring is 1. The number of amides is 1. The SMILES string of the molecule is Nc1[nH]ncc1C(=O)Nc1cncnc1. The number of nitrogens with zero attached hydrogens (tertiary/aromatic N) is 3. The van der Waals surface area contributed by atoms with Gasteiger partial charge in [-0.2, -0.15) is 5.10 Å². The molecule has 7 nitrogen and oxygen atoms in total. The van der Waals surface area contributed by atoms with Gasteiger partial charge in [0.1, 0.15) is 17.7 Å². The fraction of sp³-hybridized carbons (Fsp3) is 0.